The molecular formula is C11H12BrN3O3. The van der Waals surface area contributed by atoms with Gasteiger partial charge in [-0.2, -0.15) is 5.10 Å². The van der Waals surface area contributed by atoms with Crippen LogP contribution in [-0.4, -0.2) is 22.4 Å². The van der Waals surface area contributed by atoms with Crippen LogP contribution < -0.4 is 5.73 Å². The molecule has 2 aromatic rings. The number of carbonyl (C=O) groups is 1. The number of ether oxygens (including phenoxy) is 1. The molecule has 0 bridgehead atoms. The van der Waals surface area contributed by atoms with Crippen LogP contribution in [0.15, 0.2) is 27.3 Å². The Bertz CT molecular complexity index is 562. The Morgan fingerprint density at radius 1 is 1.61 bits per heavy atom. The van der Waals surface area contributed by atoms with E-state index in [1.165, 1.54) is 4.68 Å². The highest BCUT2D eigenvalue weighted by atomic mass is 79.9. The maximum absolute atomic E-state index is 11.3. The van der Waals surface area contributed by atoms with Crippen molar-refractivity contribution < 1.29 is 13.9 Å². The van der Waals surface area contributed by atoms with Crippen LogP contribution in [0.2, 0.25) is 0 Å². The summed E-state index contributed by atoms with van der Waals surface area (Å²) in [5.74, 6) is 0.584. The molecule has 6 nitrogen and oxygen atoms in total. The molecular weight excluding hydrogens is 302 g/mol. The lowest BCUT2D eigenvalue weighted by molar-refractivity contribution is -0.143. The number of nitrogens with zero attached hydrogens (tertiary/aromatic N) is 2. The van der Waals surface area contributed by atoms with Gasteiger partial charge in [-0.15, -0.1) is 0 Å². The smallest absolute Gasteiger partial charge is 0.327 e. The molecule has 0 atom stereocenters. The van der Waals surface area contributed by atoms with Crippen molar-refractivity contribution in [3.8, 4) is 11.5 Å². The average molecular weight is 314 g/mol. The van der Waals surface area contributed by atoms with Crippen LogP contribution in [0.25, 0.3) is 11.5 Å². The second-order valence-electron chi connectivity index (χ2n) is 3.52. The highest BCUT2D eigenvalue weighted by Gasteiger charge is 2.13. The number of hydrogen-bond donors (Lipinski definition) is 1. The van der Waals surface area contributed by atoms with Crippen molar-refractivity contribution in [2.24, 2.45) is 0 Å². The molecule has 2 rings (SSSR count). The van der Waals surface area contributed by atoms with Crippen LogP contribution in [0.3, 0.4) is 0 Å². The summed E-state index contributed by atoms with van der Waals surface area (Å²) >= 11 is 3.21. The molecule has 0 aliphatic heterocycles. The van der Waals surface area contributed by atoms with Gasteiger partial charge in [0.05, 0.1) is 6.61 Å². The SMILES string of the molecule is CCOC(=O)Cn1nc(-c2ccc(Br)o2)cc1N. The van der Waals surface area contributed by atoms with Crippen molar-refractivity contribution in [3.63, 3.8) is 0 Å². The third kappa shape index (κ3) is 2.73. The van der Waals surface area contributed by atoms with Gasteiger partial charge in [-0.3, -0.25) is 4.79 Å². The standard InChI is InChI=1S/C11H12BrN3O3/c1-2-17-11(16)6-15-10(13)5-7(14-15)8-3-4-9(12)18-8/h3-5H,2,6,13H2,1H3. The molecule has 0 aromatic carbocycles. The summed E-state index contributed by atoms with van der Waals surface area (Å²) in [6.07, 6.45) is 0. The minimum atomic E-state index is -0.375. The highest BCUT2D eigenvalue weighted by Crippen LogP contribution is 2.25. The Morgan fingerprint density at radius 3 is 3.00 bits per heavy atom. The molecule has 0 spiro atoms. The number of aromatic nitrogens is 2. The predicted octanol–water partition coefficient (Wildman–Crippen LogP) is 2.05. The summed E-state index contributed by atoms with van der Waals surface area (Å²) in [4.78, 5) is 11.3. The van der Waals surface area contributed by atoms with Crippen molar-refractivity contribution >= 4 is 27.7 Å². The fraction of sp³-hybridized carbons (Fsp3) is 0.273. The second kappa shape index (κ2) is 5.26. The van der Waals surface area contributed by atoms with Gasteiger partial charge in [0.1, 0.15) is 18.1 Å². The quantitative estimate of drug-likeness (QED) is 0.873. The number of hydrogen-bond acceptors (Lipinski definition) is 5. The Hall–Kier alpha value is -1.76. The fourth-order valence-electron chi connectivity index (χ4n) is 1.46. The molecule has 0 amide bonds. The van der Waals surface area contributed by atoms with Gasteiger partial charge in [0.2, 0.25) is 0 Å². The monoisotopic (exact) mass is 313 g/mol. The van der Waals surface area contributed by atoms with Crippen LogP contribution in [0, 0.1) is 0 Å². The second-order valence-corrected chi connectivity index (χ2v) is 4.30. The maximum atomic E-state index is 11.3. The van der Waals surface area contributed by atoms with Gasteiger partial charge >= 0.3 is 5.97 Å². The third-order valence-corrected chi connectivity index (χ3v) is 2.65. The lowest BCUT2D eigenvalue weighted by atomic mass is 10.3. The Balaban J connectivity index is 2.19. The van der Waals surface area contributed by atoms with E-state index in [2.05, 4.69) is 21.0 Å². The van der Waals surface area contributed by atoms with Crippen molar-refractivity contribution in [2.75, 3.05) is 12.3 Å². The van der Waals surface area contributed by atoms with Gasteiger partial charge < -0.3 is 14.9 Å². The molecule has 2 N–H and O–H groups in total. The van der Waals surface area contributed by atoms with Crippen molar-refractivity contribution in [3.05, 3.63) is 22.9 Å². The number of nitrogen functional groups attached to an aromatic ring is 1. The number of carbonyl (C=O) groups excluding carboxylic acids is 1. The van der Waals surface area contributed by atoms with Crippen molar-refractivity contribution in [1.82, 2.24) is 9.78 Å². The normalized spacial score (nSPS) is 10.6. The van der Waals surface area contributed by atoms with Crippen molar-refractivity contribution in [1.29, 1.82) is 0 Å². The van der Waals surface area contributed by atoms with E-state index in [1.54, 1.807) is 25.1 Å². The molecule has 2 heterocycles. The van der Waals surface area contributed by atoms with Crippen LogP contribution in [0.1, 0.15) is 6.92 Å². The molecule has 0 fully saturated rings. The number of furan rings is 1. The van der Waals surface area contributed by atoms with E-state index < -0.39 is 0 Å². The van der Waals surface area contributed by atoms with Gasteiger partial charge in [-0.05, 0) is 35.0 Å². The van der Waals surface area contributed by atoms with Gasteiger partial charge in [0.15, 0.2) is 10.4 Å². The van der Waals surface area contributed by atoms with E-state index in [0.717, 1.165) is 0 Å². The maximum Gasteiger partial charge on any atom is 0.327 e. The largest absolute Gasteiger partial charge is 0.465 e. The molecule has 0 saturated carbocycles. The summed E-state index contributed by atoms with van der Waals surface area (Å²) in [5, 5.41) is 4.19. The number of esters is 1. The Labute approximate surface area is 112 Å². The molecule has 2 aromatic heterocycles. The molecule has 96 valence electrons. The van der Waals surface area contributed by atoms with Gasteiger partial charge in [-0.25, -0.2) is 4.68 Å². The first-order chi connectivity index (χ1) is 8.60. The van der Waals surface area contributed by atoms with Gasteiger partial charge in [-0.1, -0.05) is 0 Å². The molecule has 0 aliphatic rings. The summed E-state index contributed by atoms with van der Waals surface area (Å²) in [6.45, 7) is 2.07. The number of nitrogens with two attached hydrogens (primary N) is 1. The van der Waals surface area contributed by atoms with Crippen LogP contribution >= 0.6 is 15.9 Å². The summed E-state index contributed by atoms with van der Waals surface area (Å²) in [7, 11) is 0. The zero-order chi connectivity index (χ0) is 13.1. The zero-order valence-corrected chi connectivity index (χ0v) is 11.3. The average Bonchev–Trinajstić information content (AvgIpc) is 2.87. The van der Waals surface area contributed by atoms with E-state index in [-0.39, 0.29) is 12.5 Å². The lowest BCUT2D eigenvalue weighted by Crippen LogP contribution is -2.16. The Kier molecular flexibility index (Phi) is 3.71. The molecule has 18 heavy (non-hydrogen) atoms. The first-order valence-corrected chi connectivity index (χ1v) is 6.14. The van der Waals surface area contributed by atoms with E-state index in [1.807, 2.05) is 0 Å². The predicted molar refractivity (Wildman–Crippen MR) is 68.7 cm³/mol. The summed E-state index contributed by atoms with van der Waals surface area (Å²) in [5.41, 5.74) is 6.34. The van der Waals surface area contributed by atoms with Crippen molar-refractivity contribution in [2.45, 2.75) is 13.5 Å². The van der Waals surface area contributed by atoms with Crippen LogP contribution in [0.4, 0.5) is 5.82 Å². The van der Waals surface area contributed by atoms with E-state index in [9.17, 15) is 4.79 Å². The first kappa shape index (κ1) is 12.7. The number of halogens is 1. The molecule has 7 heteroatoms. The number of anilines is 1. The summed E-state index contributed by atoms with van der Waals surface area (Å²) < 4.78 is 12.2. The van der Waals surface area contributed by atoms with Gasteiger partial charge in [0, 0.05) is 6.07 Å². The minimum Gasteiger partial charge on any atom is -0.465 e. The molecule has 0 radical (unpaired) electrons. The lowest BCUT2D eigenvalue weighted by Gasteiger charge is -2.03. The third-order valence-electron chi connectivity index (χ3n) is 2.22. The van der Waals surface area contributed by atoms with Crippen LogP contribution in [-0.2, 0) is 16.1 Å². The minimum absolute atomic E-state index is 0.0123. The van der Waals surface area contributed by atoms with E-state index in [4.69, 9.17) is 14.9 Å². The van der Waals surface area contributed by atoms with E-state index in [0.29, 0.717) is 28.5 Å². The molecule has 0 aliphatic carbocycles. The highest BCUT2D eigenvalue weighted by molar-refractivity contribution is 9.10. The molecule has 0 saturated heterocycles. The van der Waals surface area contributed by atoms with E-state index >= 15 is 0 Å². The fourth-order valence-corrected chi connectivity index (χ4v) is 1.77. The van der Waals surface area contributed by atoms with Crippen LogP contribution in [0.5, 0.6) is 0 Å². The van der Waals surface area contributed by atoms with Gasteiger partial charge in [0.25, 0.3) is 0 Å². The topological polar surface area (TPSA) is 83.3 Å². The Morgan fingerprint density at radius 2 is 2.39 bits per heavy atom. The first-order valence-electron chi connectivity index (χ1n) is 5.34. The number of rotatable bonds is 4. The zero-order valence-electron chi connectivity index (χ0n) is 9.72. The summed E-state index contributed by atoms with van der Waals surface area (Å²) in [6, 6.07) is 5.17. The molecule has 0 unspecified atom stereocenters.